The number of carboxylic acid groups (broad SMARTS) is 1. The fourth-order valence-electron chi connectivity index (χ4n) is 0.938. The molecule has 0 aliphatic carbocycles. The molecule has 0 aliphatic heterocycles. The maximum Gasteiger partial charge on any atom is 0.303 e. The van der Waals surface area contributed by atoms with E-state index in [0.29, 0.717) is 6.42 Å². The van der Waals surface area contributed by atoms with Crippen LogP contribution in [0, 0.1) is 0 Å². The molecule has 0 saturated heterocycles. The molecule has 0 saturated carbocycles. The molecule has 0 aromatic carbocycles. The van der Waals surface area contributed by atoms with Crippen molar-refractivity contribution in [3.05, 3.63) is 12.2 Å². The Morgan fingerprint density at radius 1 is 1.08 bits per heavy atom. The van der Waals surface area contributed by atoms with Crippen LogP contribution in [0.3, 0.4) is 0 Å². The summed E-state index contributed by atoms with van der Waals surface area (Å²) >= 11 is 0. The van der Waals surface area contributed by atoms with Gasteiger partial charge in [-0.3, -0.25) is 4.79 Å². The molecule has 3 heteroatoms. The summed E-state index contributed by atoms with van der Waals surface area (Å²) in [6.45, 7) is 0. The number of carbonyl (C=O) groups is 2. The molecule has 0 aromatic rings. The second kappa shape index (κ2) is 8.97. The smallest absolute Gasteiger partial charge is 0.303 e. The van der Waals surface area contributed by atoms with Crippen molar-refractivity contribution in [2.45, 2.75) is 38.5 Å². The molecule has 0 spiro atoms. The lowest BCUT2D eigenvalue weighted by Crippen LogP contribution is -1.92. The third-order valence-corrected chi connectivity index (χ3v) is 1.63. The fraction of sp³-hybridized carbons (Fsp3) is 0.600. The van der Waals surface area contributed by atoms with Gasteiger partial charge in [0.25, 0.3) is 0 Å². The Morgan fingerprint density at radius 2 is 1.77 bits per heavy atom. The molecule has 0 unspecified atom stereocenters. The Morgan fingerprint density at radius 3 is 2.38 bits per heavy atom. The largest absolute Gasteiger partial charge is 0.481 e. The number of aliphatic carboxylic acids is 1. The summed E-state index contributed by atoms with van der Waals surface area (Å²) in [5.41, 5.74) is 0. The van der Waals surface area contributed by atoms with Gasteiger partial charge in [0.05, 0.1) is 0 Å². The van der Waals surface area contributed by atoms with Gasteiger partial charge in [0.2, 0.25) is 0 Å². The Kier molecular flexibility index (Phi) is 8.20. The molecule has 3 nitrogen and oxygen atoms in total. The standard InChI is InChI=1S/C10H16O3/c11-9-7-5-3-1-2-4-6-8-10(12)13/h1,3,9H,2,4-8H2,(H,12,13)/b3-1+. The minimum Gasteiger partial charge on any atom is -0.481 e. The van der Waals surface area contributed by atoms with Crippen LogP contribution in [0.2, 0.25) is 0 Å². The monoisotopic (exact) mass is 184 g/mol. The molecule has 0 rings (SSSR count). The molecule has 0 heterocycles. The van der Waals surface area contributed by atoms with E-state index in [0.717, 1.165) is 32.0 Å². The molecule has 0 atom stereocenters. The SMILES string of the molecule is O=CCC/C=C/CCCCC(=O)O. The van der Waals surface area contributed by atoms with Gasteiger partial charge in [-0.25, -0.2) is 0 Å². The van der Waals surface area contributed by atoms with Crippen molar-refractivity contribution in [2.24, 2.45) is 0 Å². The first-order chi connectivity index (χ1) is 6.27. The van der Waals surface area contributed by atoms with Gasteiger partial charge < -0.3 is 9.90 Å². The Hall–Kier alpha value is -1.12. The number of hydrogen-bond donors (Lipinski definition) is 1. The van der Waals surface area contributed by atoms with Crippen molar-refractivity contribution >= 4 is 12.3 Å². The van der Waals surface area contributed by atoms with E-state index >= 15 is 0 Å². The van der Waals surface area contributed by atoms with Crippen molar-refractivity contribution in [1.82, 2.24) is 0 Å². The number of carboxylic acids is 1. The van der Waals surface area contributed by atoms with E-state index < -0.39 is 5.97 Å². The lowest BCUT2D eigenvalue weighted by molar-refractivity contribution is -0.137. The van der Waals surface area contributed by atoms with Crippen LogP contribution in [0.15, 0.2) is 12.2 Å². The zero-order valence-corrected chi connectivity index (χ0v) is 7.74. The Labute approximate surface area is 78.5 Å². The minimum atomic E-state index is -0.732. The van der Waals surface area contributed by atoms with Crippen LogP contribution in [0.5, 0.6) is 0 Å². The molecule has 0 radical (unpaired) electrons. The van der Waals surface area contributed by atoms with E-state index in [9.17, 15) is 9.59 Å². The molecule has 0 fully saturated rings. The number of hydrogen-bond acceptors (Lipinski definition) is 2. The molecule has 0 bridgehead atoms. The van der Waals surface area contributed by atoms with E-state index in [4.69, 9.17) is 5.11 Å². The highest BCUT2D eigenvalue weighted by molar-refractivity contribution is 5.66. The van der Waals surface area contributed by atoms with Gasteiger partial charge >= 0.3 is 5.97 Å². The molecule has 1 N–H and O–H groups in total. The molecule has 0 aliphatic rings. The van der Waals surface area contributed by atoms with E-state index in [1.54, 1.807) is 0 Å². The highest BCUT2D eigenvalue weighted by Gasteiger charge is 1.93. The van der Waals surface area contributed by atoms with Gasteiger partial charge in [0.15, 0.2) is 0 Å². The number of rotatable bonds is 8. The molecule has 0 amide bonds. The van der Waals surface area contributed by atoms with Crippen LogP contribution in [0.4, 0.5) is 0 Å². The third kappa shape index (κ3) is 10.9. The molecule has 0 aromatic heterocycles. The number of carbonyl (C=O) groups excluding carboxylic acids is 1. The van der Waals surface area contributed by atoms with Crippen LogP contribution in [0.1, 0.15) is 38.5 Å². The summed E-state index contributed by atoms with van der Waals surface area (Å²) in [5, 5.41) is 8.33. The van der Waals surface area contributed by atoms with Crippen LogP contribution in [-0.4, -0.2) is 17.4 Å². The Balaban J connectivity index is 3.10. The van der Waals surface area contributed by atoms with Gasteiger partial charge in [0.1, 0.15) is 6.29 Å². The zero-order chi connectivity index (χ0) is 9.94. The maximum atomic E-state index is 10.1. The molecular weight excluding hydrogens is 168 g/mol. The Bertz CT molecular complexity index is 173. The van der Waals surface area contributed by atoms with Crippen LogP contribution in [0.25, 0.3) is 0 Å². The average molecular weight is 184 g/mol. The van der Waals surface area contributed by atoms with Crippen LogP contribution >= 0.6 is 0 Å². The minimum absolute atomic E-state index is 0.252. The first kappa shape index (κ1) is 11.9. The summed E-state index contributed by atoms with van der Waals surface area (Å²) in [6, 6.07) is 0. The highest BCUT2D eigenvalue weighted by Crippen LogP contribution is 2.01. The van der Waals surface area contributed by atoms with Crippen molar-refractivity contribution in [3.8, 4) is 0 Å². The summed E-state index contributed by atoms with van der Waals surface area (Å²) in [4.78, 5) is 20.0. The second-order valence-corrected chi connectivity index (χ2v) is 2.85. The zero-order valence-electron chi connectivity index (χ0n) is 7.74. The average Bonchev–Trinajstić information content (AvgIpc) is 2.09. The van der Waals surface area contributed by atoms with Gasteiger partial charge in [-0.05, 0) is 25.7 Å². The summed E-state index contributed by atoms with van der Waals surface area (Å²) < 4.78 is 0. The number of allylic oxidation sites excluding steroid dienone is 2. The lowest BCUT2D eigenvalue weighted by atomic mass is 10.2. The summed E-state index contributed by atoms with van der Waals surface area (Å²) in [6.07, 6.45) is 9.04. The highest BCUT2D eigenvalue weighted by atomic mass is 16.4. The summed E-state index contributed by atoms with van der Waals surface area (Å²) in [7, 11) is 0. The van der Waals surface area contributed by atoms with Crippen molar-refractivity contribution in [3.63, 3.8) is 0 Å². The molecular formula is C10H16O3. The fourth-order valence-corrected chi connectivity index (χ4v) is 0.938. The maximum absolute atomic E-state index is 10.1. The number of unbranched alkanes of at least 4 members (excludes halogenated alkanes) is 3. The molecule has 74 valence electrons. The van der Waals surface area contributed by atoms with Crippen molar-refractivity contribution < 1.29 is 14.7 Å². The van der Waals surface area contributed by atoms with Crippen molar-refractivity contribution in [2.75, 3.05) is 0 Å². The van der Waals surface area contributed by atoms with E-state index in [-0.39, 0.29) is 6.42 Å². The summed E-state index contributed by atoms with van der Waals surface area (Å²) in [5.74, 6) is -0.732. The molecule has 13 heavy (non-hydrogen) atoms. The lowest BCUT2D eigenvalue weighted by Gasteiger charge is -1.92. The predicted molar refractivity (Wildman–Crippen MR) is 50.5 cm³/mol. The van der Waals surface area contributed by atoms with Gasteiger partial charge in [-0.15, -0.1) is 0 Å². The van der Waals surface area contributed by atoms with Gasteiger partial charge in [0, 0.05) is 12.8 Å². The van der Waals surface area contributed by atoms with E-state index in [1.165, 1.54) is 0 Å². The van der Waals surface area contributed by atoms with Crippen LogP contribution in [-0.2, 0) is 9.59 Å². The quantitative estimate of drug-likeness (QED) is 0.357. The third-order valence-electron chi connectivity index (χ3n) is 1.63. The van der Waals surface area contributed by atoms with Gasteiger partial charge in [-0.2, -0.15) is 0 Å². The van der Waals surface area contributed by atoms with Gasteiger partial charge in [-0.1, -0.05) is 12.2 Å². The second-order valence-electron chi connectivity index (χ2n) is 2.85. The topological polar surface area (TPSA) is 54.4 Å². The van der Waals surface area contributed by atoms with Crippen molar-refractivity contribution in [1.29, 1.82) is 0 Å². The first-order valence-electron chi connectivity index (χ1n) is 4.58. The van der Waals surface area contributed by atoms with E-state index in [2.05, 4.69) is 0 Å². The predicted octanol–water partition coefficient (Wildman–Crippen LogP) is 2.17. The van der Waals surface area contributed by atoms with Crippen LogP contribution < -0.4 is 0 Å². The number of aldehydes is 1. The normalized spacial score (nSPS) is 10.5. The van der Waals surface area contributed by atoms with E-state index in [1.807, 2.05) is 12.2 Å². The first-order valence-corrected chi connectivity index (χ1v) is 4.58.